The number of nitrogens with one attached hydrogen (secondary N) is 1. The van der Waals surface area contributed by atoms with Gasteiger partial charge in [-0.15, -0.1) is 0 Å². The molecule has 2 rings (SSSR count). The molecule has 6 heteroatoms. The van der Waals surface area contributed by atoms with Gasteiger partial charge in [0.15, 0.2) is 0 Å². The summed E-state index contributed by atoms with van der Waals surface area (Å²) in [4.78, 5) is 8.48. The van der Waals surface area contributed by atoms with Crippen molar-refractivity contribution in [3.05, 3.63) is 53.6 Å². The molecule has 1 heterocycles. The third-order valence-corrected chi connectivity index (χ3v) is 2.73. The third kappa shape index (κ3) is 3.96. The Morgan fingerprint density at radius 2 is 2.00 bits per heavy atom. The molecule has 1 aromatic carbocycles. The van der Waals surface area contributed by atoms with E-state index in [4.69, 9.17) is 18.0 Å². The van der Waals surface area contributed by atoms with Crippen LogP contribution in [0.2, 0.25) is 0 Å². The van der Waals surface area contributed by atoms with Gasteiger partial charge in [-0.3, -0.25) is 0 Å². The van der Waals surface area contributed by atoms with Crippen molar-refractivity contribution in [2.24, 2.45) is 5.73 Å². The van der Waals surface area contributed by atoms with Crippen LogP contribution in [-0.2, 0) is 6.42 Å². The summed E-state index contributed by atoms with van der Waals surface area (Å²) in [6, 6.07) is 8.05. The predicted octanol–water partition coefficient (Wildman–Crippen LogP) is 1.90. The van der Waals surface area contributed by atoms with E-state index >= 15 is 0 Å². The molecule has 0 aliphatic rings. The summed E-state index contributed by atoms with van der Waals surface area (Å²) < 4.78 is 12.7. The Bertz CT molecular complexity index is 571. The molecular formula is C13H13FN4S. The monoisotopic (exact) mass is 276 g/mol. The molecule has 0 spiro atoms. The van der Waals surface area contributed by atoms with Crippen LogP contribution < -0.4 is 11.1 Å². The van der Waals surface area contributed by atoms with Crippen molar-refractivity contribution in [2.45, 2.75) is 6.42 Å². The molecule has 0 unspecified atom stereocenters. The molecule has 0 fully saturated rings. The maximum Gasteiger partial charge on any atom is 0.223 e. The van der Waals surface area contributed by atoms with Gasteiger partial charge in [0, 0.05) is 12.7 Å². The van der Waals surface area contributed by atoms with Crippen LogP contribution in [0, 0.1) is 5.82 Å². The first-order valence-corrected chi connectivity index (χ1v) is 6.17. The number of nitrogens with two attached hydrogens (primary N) is 1. The molecule has 3 N–H and O–H groups in total. The van der Waals surface area contributed by atoms with Crippen LogP contribution in [0.15, 0.2) is 36.5 Å². The van der Waals surface area contributed by atoms with Gasteiger partial charge in [0.05, 0.1) is 0 Å². The second kappa shape index (κ2) is 6.19. The van der Waals surface area contributed by atoms with Crippen molar-refractivity contribution in [3.63, 3.8) is 0 Å². The van der Waals surface area contributed by atoms with Gasteiger partial charge in [0.25, 0.3) is 0 Å². The number of anilines is 1. The number of rotatable bonds is 5. The highest BCUT2D eigenvalue weighted by Crippen LogP contribution is 2.05. The molecule has 19 heavy (non-hydrogen) atoms. The first kappa shape index (κ1) is 13.4. The molecule has 98 valence electrons. The summed E-state index contributed by atoms with van der Waals surface area (Å²) in [7, 11) is 0. The number of nitrogens with zero attached hydrogens (tertiary/aromatic N) is 2. The fourth-order valence-corrected chi connectivity index (χ4v) is 1.66. The Morgan fingerprint density at radius 3 is 2.68 bits per heavy atom. The molecule has 0 atom stereocenters. The number of hydrogen-bond acceptors (Lipinski definition) is 4. The zero-order valence-electron chi connectivity index (χ0n) is 10.1. The summed E-state index contributed by atoms with van der Waals surface area (Å²) >= 11 is 4.85. The quantitative estimate of drug-likeness (QED) is 0.817. The van der Waals surface area contributed by atoms with Gasteiger partial charge in [0.1, 0.15) is 16.5 Å². The minimum absolute atomic E-state index is 0.232. The Kier molecular flexibility index (Phi) is 4.35. The first-order valence-electron chi connectivity index (χ1n) is 5.76. The molecule has 0 amide bonds. The average Bonchev–Trinajstić information content (AvgIpc) is 2.41. The highest BCUT2D eigenvalue weighted by atomic mass is 32.1. The highest BCUT2D eigenvalue weighted by Gasteiger charge is 2.01. The third-order valence-electron chi connectivity index (χ3n) is 2.52. The van der Waals surface area contributed by atoms with Gasteiger partial charge in [0.2, 0.25) is 5.95 Å². The molecule has 0 radical (unpaired) electrons. The summed E-state index contributed by atoms with van der Waals surface area (Å²) in [5.41, 5.74) is 7.07. The number of hydrogen-bond donors (Lipinski definition) is 2. The SMILES string of the molecule is NC(=S)c1ccnc(NCCc2ccc(F)cc2)n1. The highest BCUT2D eigenvalue weighted by molar-refractivity contribution is 7.80. The Hall–Kier alpha value is -2.08. The van der Waals surface area contributed by atoms with Gasteiger partial charge in [-0.05, 0) is 30.2 Å². The molecule has 4 nitrogen and oxygen atoms in total. The van der Waals surface area contributed by atoms with Gasteiger partial charge in [-0.1, -0.05) is 24.4 Å². The molecule has 0 saturated heterocycles. The minimum atomic E-state index is -0.232. The number of aromatic nitrogens is 2. The van der Waals surface area contributed by atoms with Crippen molar-refractivity contribution in [3.8, 4) is 0 Å². The average molecular weight is 276 g/mol. The number of halogens is 1. The van der Waals surface area contributed by atoms with E-state index in [1.807, 2.05) is 0 Å². The number of thiocarbonyl (C=S) groups is 1. The lowest BCUT2D eigenvalue weighted by atomic mass is 10.1. The van der Waals surface area contributed by atoms with E-state index in [0.717, 1.165) is 12.0 Å². The Morgan fingerprint density at radius 1 is 1.26 bits per heavy atom. The fourth-order valence-electron chi connectivity index (χ4n) is 1.55. The van der Waals surface area contributed by atoms with E-state index in [1.165, 1.54) is 12.1 Å². The van der Waals surface area contributed by atoms with Crippen LogP contribution in [-0.4, -0.2) is 21.5 Å². The summed E-state index contributed by atoms with van der Waals surface area (Å²) in [6.07, 6.45) is 2.35. The van der Waals surface area contributed by atoms with Crippen LogP contribution in [0.5, 0.6) is 0 Å². The van der Waals surface area contributed by atoms with Crippen LogP contribution >= 0.6 is 12.2 Å². The minimum Gasteiger partial charge on any atom is -0.388 e. The molecule has 1 aromatic heterocycles. The van der Waals surface area contributed by atoms with E-state index in [-0.39, 0.29) is 10.8 Å². The van der Waals surface area contributed by atoms with Crippen LogP contribution in [0.4, 0.5) is 10.3 Å². The van der Waals surface area contributed by atoms with Crippen LogP contribution in [0.3, 0.4) is 0 Å². The standard InChI is InChI=1S/C13H13FN4S/c14-10-3-1-9(2-4-10)5-7-16-13-17-8-6-11(18-13)12(15)19/h1-4,6,8H,5,7H2,(H2,15,19)(H,16,17,18). The number of benzene rings is 1. The van der Waals surface area contributed by atoms with E-state index in [1.54, 1.807) is 24.4 Å². The van der Waals surface area contributed by atoms with Gasteiger partial charge in [-0.25, -0.2) is 14.4 Å². The van der Waals surface area contributed by atoms with E-state index in [2.05, 4.69) is 15.3 Å². The molecule has 0 saturated carbocycles. The van der Waals surface area contributed by atoms with Crippen molar-refractivity contribution >= 4 is 23.2 Å². The Balaban J connectivity index is 1.90. The van der Waals surface area contributed by atoms with E-state index in [9.17, 15) is 4.39 Å². The van der Waals surface area contributed by atoms with Crippen molar-refractivity contribution in [2.75, 3.05) is 11.9 Å². The predicted molar refractivity (Wildman–Crippen MR) is 76.5 cm³/mol. The van der Waals surface area contributed by atoms with Gasteiger partial charge in [-0.2, -0.15) is 0 Å². The normalized spacial score (nSPS) is 10.2. The van der Waals surface area contributed by atoms with Crippen molar-refractivity contribution < 1.29 is 4.39 Å². The molecule has 0 aliphatic carbocycles. The summed E-state index contributed by atoms with van der Waals surface area (Å²) in [5, 5.41) is 3.07. The van der Waals surface area contributed by atoms with E-state index < -0.39 is 0 Å². The molecule has 0 aliphatic heterocycles. The topological polar surface area (TPSA) is 63.8 Å². The largest absolute Gasteiger partial charge is 0.388 e. The van der Waals surface area contributed by atoms with Crippen LogP contribution in [0.25, 0.3) is 0 Å². The fraction of sp³-hybridized carbons (Fsp3) is 0.154. The van der Waals surface area contributed by atoms with Gasteiger partial charge >= 0.3 is 0 Å². The molecule has 2 aromatic rings. The smallest absolute Gasteiger partial charge is 0.223 e. The summed E-state index contributed by atoms with van der Waals surface area (Å²) in [6.45, 7) is 0.645. The zero-order valence-corrected chi connectivity index (χ0v) is 11.0. The van der Waals surface area contributed by atoms with Crippen LogP contribution in [0.1, 0.15) is 11.3 Å². The zero-order chi connectivity index (χ0) is 13.7. The second-order valence-electron chi connectivity index (χ2n) is 3.93. The summed E-state index contributed by atoms with van der Waals surface area (Å²) in [5.74, 6) is 0.247. The Labute approximate surface area is 115 Å². The molecule has 0 bridgehead atoms. The lowest BCUT2D eigenvalue weighted by Crippen LogP contribution is -2.14. The lowest BCUT2D eigenvalue weighted by molar-refractivity contribution is 0.627. The second-order valence-corrected chi connectivity index (χ2v) is 4.37. The lowest BCUT2D eigenvalue weighted by Gasteiger charge is -2.06. The van der Waals surface area contributed by atoms with E-state index in [0.29, 0.717) is 18.2 Å². The molecular weight excluding hydrogens is 263 g/mol. The van der Waals surface area contributed by atoms with Crippen molar-refractivity contribution in [1.29, 1.82) is 0 Å². The maximum absolute atomic E-state index is 12.7. The first-order chi connectivity index (χ1) is 9.15. The van der Waals surface area contributed by atoms with Crippen molar-refractivity contribution in [1.82, 2.24) is 9.97 Å². The van der Waals surface area contributed by atoms with Gasteiger partial charge < -0.3 is 11.1 Å². The maximum atomic E-state index is 12.7.